The first-order valence-electron chi connectivity index (χ1n) is 12.0. The second kappa shape index (κ2) is 12.1. The Balaban J connectivity index is 1.72. The Morgan fingerprint density at radius 2 is 2.10 bits per heavy atom. The molecule has 2 aromatic carbocycles. The Bertz CT molecular complexity index is 1320. The number of benzene rings is 2. The summed E-state index contributed by atoms with van der Waals surface area (Å²) >= 11 is 12.4. The normalized spacial score (nSPS) is 19.5. The number of nitrogens with one attached hydrogen (secondary N) is 2. The zero-order valence-corrected chi connectivity index (χ0v) is 22.2. The number of hydrogen-bond acceptors (Lipinski definition) is 6. The number of nitriles is 1. The van der Waals surface area contributed by atoms with Gasteiger partial charge in [0.2, 0.25) is 11.9 Å². The van der Waals surface area contributed by atoms with Crippen molar-refractivity contribution in [3.8, 4) is 11.9 Å². The third kappa shape index (κ3) is 6.92. The van der Waals surface area contributed by atoms with E-state index in [1.54, 1.807) is 29.3 Å². The highest BCUT2D eigenvalue weighted by Gasteiger charge is 2.39. The molecule has 0 aromatic heterocycles. The summed E-state index contributed by atoms with van der Waals surface area (Å²) in [4.78, 5) is 19.5. The maximum atomic E-state index is 13.4. The summed E-state index contributed by atoms with van der Waals surface area (Å²) in [5.41, 5.74) is 1.19. The average molecular weight is 582 g/mol. The quantitative estimate of drug-likeness (QED) is 0.223. The van der Waals surface area contributed by atoms with Crippen molar-refractivity contribution in [2.24, 2.45) is 10.1 Å². The minimum atomic E-state index is -4.87. The number of guanidine groups is 1. The SMILES string of the molecule is CCN(C(=O)[C@H]1CCCN1)C1CN(C(=Nc2cccc(OC(F)(F)F)c2)NC#N)N=C1c1ccc(Cl)c(Cl)c1. The number of hydrogen-bond donors (Lipinski definition) is 2. The fourth-order valence-electron chi connectivity index (χ4n) is 4.47. The van der Waals surface area contributed by atoms with Gasteiger partial charge in [0, 0.05) is 18.2 Å². The van der Waals surface area contributed by atoms with Gasteiger partial charge < -0.3 is 15.0 Å². The smallest absolute Gasteiger partial charge is 0.406 e. The van der Waals surface area contributed by atoms with Crippen LogP contribution in [0.4, 0.5) is 18.9 Å². The molecule has 4 rings (SSSR count). The van der Waals surface area contributed by atoms with Crippen molar-refractivity contribution in [3.05, 3.63) is 58.1 Å². The number of ether oxygens (including phenoxy) is 1. The molecule has 2 aliphatic heterocycles. The highest BCUT2D eigenvalue weighted by Crippen LogP contribution is 2.29. The number of carbonyl (C=O) groups is 1. The van der Waals surface area contributed by atoms with Gasteiger partial charge in [-0.1, -0.05) is 35.3 Å². The molecule has 1 saturated heterocycles. The number of carbonyl (C=O) groups excluding carboxylic acids is 1. The molecule has 1 unspecified atom stereocenters. The van der Waals surface area contributed by atoms with Crippen molar-refractivity contribution >= 4 is 46.5 Å². The van der Waals surface area contributed by atoms with Crippen molar-refractivity contribution < 1.29 is 22.7 Å². The van der Waals surface area contributed by atoms with E-state index in [9.17, 15) is 23.2 Å². The van der Waals surface area contributed by atoms with Crippen LogP contribution in [-0.2, 0) is 4.79 Å². The second-order valence-electron chi connectivity index (χ2n) is 8.70. The first-order chi connectivity index (χ1) is 18.6. The predicted octanol–water partition coefficient (Wildman–Crippen LogP) is 4.64. The summed E-state index contributed by atoms with van der Waals surface area (Å²) in [7, 11) is 0. The van der Waals surface area contributed by atoms with E-state index in [-0.39, 0.29) is 30.1 Å². The molecule has 14 heteroatoms. The van der Waals surface area contributed by atoms with Gasteiger partial charge in [0.15, 0.2) is 6.19 Å². The summed E-state index contributed by atoms with van der Waals surface area (Å²) in [6.45, 7) is 3.11. The van der Waals surface area contributed by atoms with Gasteiger partial charge in [-0.3, -0.25) is 10.1 Å². The average Bonchev–Trinajstić information content (AvgIpc) is 3.56. The standard InChI is InChI=1S/C25H24Cl2F3N7O2/c1-2-36(23(38)20-7-4-10-32-20)21-13-37(35-22(21)15-8-9-18(26)19(27)11-15)24(33-14-31)34-16-5-3-6-17(12-16)39-25(28,29)30/h3,5-6,8-9,11-12,20-21,32H,2,4,7,10,13H2,1H3,(H,33,34)/t20-,21?/m1/s1. The number of aliphatic imine (C=N–C) groups is 1. The van der Waals surface area contributed by atoms with E-state index in [2.05, 4.69) is 25.5 Å². The third-order valence-electron chi connectivity index (χ3n) is 6.16. The zero-order valence-electron chi connectivity index (χ0n) is 20.7. The van der Waals surface area contributed by atoms with Crippen LogP contribution >= 0.6 is 23.2 Å². The molecule has 2 aromatic rings. The van der Waals surface area contributed by atoms with Gasteiger partial charge in [0.05, 0.1) is 40.1 Å². The lowest BCUT2D eigenvalue weighted by Crippen LogP contribution is -2.53. The Morgan fingerprint density at radius 1 is 1.31 bits per heavy atom. The summed E-state index contributed by atoms with van der Waals surface area (Å²) in [5, 5.41) is 21.8. The lowest BCUT2D eigenvalue weighted by molar-refractivity contribution is -0.274. The molecule has 2 heterocycles. The number of likely N-dealkylation sites (N-methyl/N-ethyl adjacent to an activating group) is 1. The van der Waals surface area contributed by atoms with Crippen molar-refractivity contribution in [2.45, 2.75) is 38.2 Å². The molecule has 1 fully saturated rings. The van der Waals surface area contributed by atoms with Crippen LogP contribution in [0.1, 0.15) is 25.3 Å². The highest BCUT2D eigenvalue weighted by atomic mass is 35.5. The molecular formula is C25H24Cl2F3N7O2. The summed E-state index contributed by atoms with van der Waals surface area (Å²) < 4.78 is 42.1. The molecule has 9 nitrogen and oxygen atoms in total. The molecule has 2 atom stereocenters. The monoisotopic (exact) mass is 581 g/mol. The maximum absolute atomic E-state index is 13.4. The molecule has 2 aliphatic rings. The van der Waals surface area contributed by atoms with Gasteiger partial charge >= 0.3 is 6.36 Å². The number of alkyl halides is 3. The van der Waals surface area contributed by atoms with E-state index in [1.165, 1.54) is 17.1 Å². The molecular weight excluding hydrogens is 558 g/mol. The number of nitrogens with zero attached hydrogens (tertiary/aromatic N) is 5. The number of hydrazone groups is 1. The third-order valence-corrected chi connectivity index (χ3v) is 6.90. The zero-order chi connectivity index (χ0) is 28.2. The molecule has 0 bridgehead atoms. The molecule has 39 heavy (non-hydrogen) atoms. The Kier molecular flexibility index (Phi) is 8.84. The van der Waals surface area contributed by atoms with Crippen LogP contribution in [0.3, 0.4) is 0 Å². The van der Waals surface area contributed by atoms with E-state index in [0.717, 1.165) is 25.1 Å². The van der Waals surface area contributed by atoms with Gasteiger partial charge in [0.25, 0.3) is 0 Å². The summed E-state index contributed by atoms with van der Waals surface area (Å²) in [6, 6.07) is 9.12. The van der Waals surface area contributed by atoms with Crippen LogP contribution < -0.4 is 15.4 Å². The maximum Gasteiger partial charge on any atom is 0.573 e. The summed E-state index contributed by atoms with van der Waals surface area (Å²) in [5.74, 6) is -0.603. The van der Waals surface area contributed by atoms with Gasteiger partial charge in [-0.15, -0.1) is 13.2 Å². The largest absolute Gasteiger partial charge is 0.573 e. The molecule has 0 saturated carbocycles. The van der Waals surface area contributed by atoms with Crippen molar-refractivity contribution in [3.63, 3.8) is 0 Å². The van der Waals surface area contributed by atoms with Crippen molar-refractivity contribution in [2.75, 3.05) is 19.6 Å². The fraction of sp³-hybridized carbons (Fsp3) is 0.360. The first kappa shape index (κ1) is 28.5. The van der Waals surface area contributed by atoms with Gasteiger partial charge in [-0.25, -0.2) is 10.0 Å². The molecule has 0 aliphatic carbocycles. The molecule has 206 valence electrons. The first-order valence-corrected chi connectivity index (χ1v) is 12.8. The van der Waals surface area contributed by atoms with Crippen LogP contribution in [0.25, 0.3) is 0 Å². The van der Waals surface area contributed by atoms with E-state index in [4.69, 9.17) is 23.2 Å². The summed E-state index contributed by atoms with van der Waals surface area (Å²) in [6.07, 6.45) is -1.49. The van der Waals surface area contributed by atoms with Crippen molar-refractivity contribution in [1.29, 1.82) is 5.26 Å². The van der Waals surface area contributed by atoms with Crippen LogP contribution in [0.5, 0.6) is 5.75 Å². The minimum absolute atomic E-state index is 0.0517. The Morgan fingerprint density at radius 3 is 2.74 bits per heavy atom. The van der Waals surface area contributed by atoms with Gasteiger partial charge in [-0.2, -0.15) is 10.4 Å². The fourth-order valence-corrected chi connectivity index (χ4v) is 4.77. The molecule has 2 N–H and O–H groups in total. The minimum Gasteiger partial charge on any atom is -0.406 e. The molecule has 1 amide bonds. The molecule has 0 spiro atoms. The van der Waals surface area contributed by atoms with Crippen LogP contribution in [-0.4, -0.2) is 65.6 Å². The van der Waals surface area contributed by atoms with Gasteiger partial charge in [0.1, 0.15) is 5.75 Å². The lowest BCUT2D eigenvalue weighted by Gasteiger charge is -2.31. The molecule has 0 radical (unpaired) electrons. The van der Waals surface area contributed by atoms with Crippen LogP contribution in [0, 0.1) is 11.5 Å². The van der Waals surface area contributed by atoms with Gasteiger partial charge in [-0.05, 0) is 50.6 Å². The topological polar surface area (TPSA) is 105 Å². The predicted molar refractivity (Wildman–Crippen MR) is 141 cm³/mol. The number of rotatable bonds is 6. The highest BCUT2D eigenvalue weighted by molar-refractivity contribution is 6.42. The number of amides is 1. The van der Waals surface area contributed by atoms with E-state index < -0.39 is 18.2 Å². The van der Waals surface area contributed by atoms with Crippen molar-refractivity contribution in [1.82, 2.24) is 20.5 Å². The number of halogens is 5. The Hall–Kier alpha value is -3.53. The van der Waals surface area contributed by atoms with Crippen LogP contribution in [0.15, 0.2) is 52.6 Å². The Labute approximate surface area is 232 Å². The van der Waals surface area contributed by atoms with E-state index in [0.29, 0.717) is 34.3 Å². The van der Waals surface area contributed by atoms with E-state index in [1.807, 2.05) is 6.92 Å². The van der Waals surface area contributed by atoms with Crippen LogP contribution in [0.2, 0.25) is 10.0 Å². The van der Waals surface area contributed by atoms with E-state index >= 15 is 0 Å². The lowest BCUT2D eigenvalue weighted by atomic mass is 10.0. The second-order valence-corrected chi connectivity index (χ2v) is 9.52.